The molecule has 4 rings (SSSR count). The number of carbonyl (C=O) groups excluding carboxylic acids is 1. The molecule has 120 valence electrons. The van der Waals surface area contributed by atoms with Crippen molar-refractivity contribution in [3.05, 3.63) is 72.4 Å². The summed E-state index contributed by atoms with van der Waals surface area (Å²) in [5.74, 6) is 0.767. The summed E-state index contributed by atoms with van der Waals surface area (Å²) in [6.45, 7) is 1.52. The van der Waals surface area contributed by atoms with Gasteiger partial charge in [0, 0.05) is 30.6 Å². The molecule has 2 aromatic carbocycles. The molecule has 2 heterocycles. The van der Waals surface area contributed by atoms with Crippen LogP contribution >= 0.6 is 0 Å². The fraction of sp³-hybridized carbons (Fsp3) is 0.200. The Bertz CT molecular complexity index is 858. The topological polar surface area (TPSA) is 54.0 Å². The average molecular weight is 317 g/mol. The second-order valence-corrected chi connectivity index (χ2v) is 6.15. The first kappa shape index (κ1) is 14.8. The summed E-state index contributed by atoms with van der Waals surface area (Å²) in [5.41, 5.74) is 1.20. The van der Waals surface area contributed by atoms with Gasteiger partial charge in [0.1, 0.15) is 5.82 Å². The molecule has 1 aliphatic rings. The number of aromatic nitrogens is 1. The summed E-state index contributed by atoms with van der Waals surface area (Å²) in [6.07, 6.45) is 1.74. The largest absolute Gasteiger partial charge is 0.315 e. The van der Waals surface area contributed by atoms with Gasteiger partial charge in [0.25, 0.3) is 0 Å². The minimum atomic E-state index is -0.0897. The van der Waals surface area contributed by atoms with E-state index in [1.165, 1.54) is 5.56 Å². The number of amides is 1. The van der Waals surface area contributed by atoms with Crippen LogP contribution < -0.4 is 10.6 Å². The number of hydrogen-bond donors (Lipinski definition) is 2. The van der Waals surface area contributed by atoms with Crippen LogP contribution in [-0.4, -0.2) is 24.0 Å². The molecule has 2 N–H and O–H groups in total. The van der Waals surface area contributed by atoms with Crippen molar-refractivity contribution in [3.63, 3.8) is 0 Å². The van der Waals surface area contributed by atoms with E-state index in [0.717, 1.165) is 17.3 Å². The van der Waals surface area contributed by atoms with Crippen LogP contribution in [0.3, 0.4) is 0 Å². The molecule has 1 fully saturated rings. The first-order valence-corrected chi connectivity index (χ1v) is 8.23. The zero-order chi connectivity index (χ0) is 16.4. The normalized spacial score (nSPS) is 20.2. The van der Waals surface area contributed by atoms with Gasteiger partial charge < -0.3 is 10.6 Å². The second kappa shape index (κ2) is 6.42. The lowest BCUT2D eigenvalue weighted by molar-refractivity contribution is -0.119. The zero-order valence-electron chi connectivity index (χ0n) is 13.3. The van der Waals surface area contributed by atoms with E-state index in [0.29, 0.717) is 12.4 Å². The lowest BCUT2D eigenvalue weighted by Gasteiger charge is -2.18. The number of hydrogen-bond acceptors (Lipinski definition) is 3. The molecule has 2 unspecified atom stereocenters. The minimum Gasteiger partial charge on any atom is -0.315 e. The fourth-order valence-electron chi connectivity index (χ4n) is 3.43. The maximum absolute atomic E-state index is 12.9. The van der Waals surface area contributed by atoms with Crippen molar-refractivity contribution >= 4 is 22.5 Å². The van der Waals surface area contributed by atoms with Crippen molar-refractivity contribution in [3.8, 4) is 0 Å². The van der Waals surface area contributed by atoms with E-state index < -0.39 is 0 Å². The molecule has 0 aliphatic carbocycles. The third-order valence-electron chi connectivity index (χ3n) is 4.69. The molecule has 1 aliphatic heterocycles. The predicted molar refractivity (Wildman–Crippen MR) is 95.9 cm³/mol. The summed E-state index contributed by atoms with van der Waals surface area (Å²) < 4.78 is 0. The lowest BCUT2D eigenvalue weighted by atomic mass is 9.88. The molecule has 0 bridgehead atoms. The third kappa shape index (κ3) is 2.76. The Morgan fingerprint density at radius 2 is 1.79 bits per heavy atom. The molecule has 1 aromatic heterocycles. The highest BCUT2D eigenvalue weighted by molar-refractivity contribution is 6.01. The first-order chi connectivity index (χ1) is 11.8. The first-order valence-electron chi connectivity index (χ1n) is 8.23. The fourth-order valence-corrected chi connectivity index (χ4v) is 3.43. The summed E-state index contributed by atoms with van der Waals surface area (Å²) >= 11 is 0. The van der Waals surface area contributed by atoms with Crippen molar-refractivity contribution in [2.24, 2.45) is 5.92 Å². The van der Waals surface area contributed by atoms with Crippen LogP contribution in [-0.2, 0) is 4.79 Å². The van der Waals surface area contributed by atoms with Crippen LogP contribution in [0.2, 0.25) is 0 Å². The van der Waals surface area contributed by atoms with Crippen LogP contribution in [0.15, 0.2) is 66.9 Å². The SMILES string of the molecule is O=C(Nc1nccc2ccccc12)C1CNCC1c1ccccc1. The minimum absolute atomic E-state index is 0.0257. The molecule has 4 nitrogen and oxygen atoms in total. The van der Waals surface area contributed by atoms with Gasteiger partial charge in [-0.1, -0.05) is 54.6 Å². The van der Waals surface area contributed by atoms with Gasteiger partial charge in [-0.2, -0.15) is 0 Å². The number of nitrogens with zero attached hydrogens (tertiary/aromatic N) is 1. The van der Waals surface area contributed by atoms with Crippen molar-refractivity contribution in [1.82, 2.24) is 10.3 Å². The van der Waals surface area contributed by atoms with Crippen molar-refractivity contribution in [2.45, 2.75) is 5.92 Å². The van der Waals surface area contributed by atoms with E-state index >= 15 is 0 Å². The van der Waals surface area contributed by atoms with Crippen molar-refractivity contribution in [2.75, 3.05) is 18.4 Å². The molecule has 0 saturated carbocycles. The Morgan fingerprint density at radius 3 is 2.67 bits per heavy atom. The molecule has 0 radical (unpaired) electrons. The van der Waals surface area contributed by atoms with Crippen LogP contribution in [0, 0.1) is 5.92 Å². The third-order valence-corrected chi connectivity index (χ3v) is 4.69. The maximum atomic E-state index is 12.9. The molecular weight excluding hydrogens is 298 g/mol. The molecular formula is C20H19N3O. The number of benzene rings is 2. The van der Waals surface area contributed by atoms with E-state index in [2.05, 4.69) is 27.8 Å². The number of carbonyl (C=O) groups is 1. The monoisotopic (exact) mass is 317 g/mol. The van der Waals surface area contributed by atoms with E-state index in [-0.39, 0.29) is 17.7 Å². The van der Waals surface area contributed by atoms with E-state index in [1.807, 2.05) is 48.5 Å². The highest BCUT2D eigenvalue weighted by atomic mass is 16.2. The standard InChI is InChI=1S/C20H19N3O/c24-20(18-13-21-12-17(18)14-6-2-1-3-7-14)23-19-16-9-5-4-8-15(16)10-11-22-19/h1-11,17-18,21H,12-13H2,(H,22,23,24). The Kier molecular flexibility index (Phi) is 3.97. The lowest BCUT2D eigenvalue weighted by Crippen LogP contribution is -2.28. The van der Waals surface area contributed by atoms with Crippen molar-refractivity contribution < 1.29 is 4.79 Å². The molecule has 1 amide bonds. The van der Waals surface area contributed by atoms with E-state index in [9.17, 15) is 4.79 Å². The molecule has 0 spiro atoms. The van der Waals surface area contributed by atoms with E-state index in [4.69, 9.17) is 0 Å². The van der Waals surface area contributed by atoms with Gasteiger partial charge in [-0.3, -0.25) is 4.79 Å². The van der Waals surface area contributed by atoms with Crippen molar-refractivity contribution in [1.29, 1.82) is 0 Å². The van der Waals surface area contributed by atoms with Crippen LogP contribution in [0.5, 0.6) is 0 Å². The number of pyridine rings is 1. The highest BCUT2D eigenvalue weighted by Crippen LogP contribution is 2.29. The van der Waals surface area contributed by atoms with Gasteiger partial charge in [0.15, 0.2) is 0 Å². The van der Waals surface area contributed by atoms with Gasteiger partial charge in [-0.05, 0) is 17.0 Å². The quantitative estimate of drug-likeness (QED) is 0.780. The molecule has 2 atom stereocenters. The van der Waals surface area contributed by atoms with Crippen LogP contribution in [0.25, 0.3) is 10.8 Å². The molecule has 24 heavy (non-hydrogen) atoms. The Labute approximate surface area is 140 Å². The average Bonchev–Trinajstić information content (AvgIpc) is 3.13. The predicted octanol–water partition coefficient (Wildman–Crippen LogP) is 3.18. The Morgan fingerprint density at radius 1 is 1.00 bits per heavy atom. The molecule has 4 heteroatoms. The number of nitrogens with one attached hydrogen (secondary N) is 2. The summed E-state index contributed by atoms with van der Waals surface area (Å²) in [6, 6.07) is 20.1. The van der Waals surface area contributed by atoms with Gasteiger partial charge in [0.2, 0.25) is 5.91 Å². The van der Waals surface area contributed by atoms with Gasteiger partial charge >= 0.3 is 0 Å². The van der Waals surface area contributed by atoms with Gasteiger partial charge in [-0.15, -0.1) is 0 Å². The highest BCUT2D eigenvalue weighted by Gasteiger charge is 2.34. The molecule has 1 saturated heterocycles. The summed E-state index contributed by atoms with van der Waals surface area (Å²) in [4.78, 5) is 17.2. The molecule has 3 aromatic rings. The number of rotatable bonds is 3. The number of fused-ring (bicyclic) bond motifs is 1. The smallest absolute Gasteiger partial charge is 0.230 e. The van der Waals surface area contributed by atoms with Crippen LogP contribution in [0.1, 0.15) is 11.5 Å². The Balaban J connectivity index is 1.59. The van der Waals surface area contributed by atoms with E-state index in [1.54, 1.807) is 6.20 Å². The van der Waals surface area contributed by atoms with Crippen LogP contribution in [0.4, 0.5) is 5.82 Å². The number of anilines is 1. The maximum Gasteiger partial charge on any atom is 0.230 e. The second-order valence-electron chi connectivity index (χ2n) is 6.15. The van der Waals surface area contributed by atoms with Gasteiger partial charge in [0.05, 0.1) is 5.92 Å². The summed E-state index contributed by atoms with van der Waals surface area (Å²) in [7, 11) is 0. The van der Waals surface area contributed by atoms with Gasteiger partial charge in [-0.25, -0.2) is 4.98 Å². The summed E-state index contributed by atoms with van der Waals surface area (Å²) in [5, 5.41) is 8.42. The Hall–Kier alpha value is -2.72. The zero-order valence-corrected chi connectivity index (χ0v) is 13.3.